The molecule has 3 atom stereocenters. The number of alkyl halides is 2. The zero-order valence-electron chi connectivity index (χ0n) is 22.5. The third-order valence-corrected chi connectivity index (χ3v) is 7.72. The number of carbonyl (C=O) groups is 1. The molecule has 1 saturated heterocycles. The summed E-state index contributed by atoms with van der Waals surface area (Å²) in [6, 6.07) is 33.0. The summed E-state index contributed by atoms with van der Waals surface area (Å²) in [7, 11) is -4.37. The van der Waals surface area contributed by atoms with Crippen molar-refractivity contribution in [2.75, 3.05) is 12.9 Å². The van der Waals surface area contributed by atoms with Gasteiger partial charge in [0.1, 0.15) is 5.60 Å². The van der Waals surface area contributed by atoms with Crippen LogP contribution in [-0.4, -0.2) is 50.7 Å². The lowest BCUT2D eigenvalue weighted by Crippen LogP contribution is -2.39. The summed E-state index contributed by atoms with van der Waals surface area (Å²) < 4.78 is 72.8. The van der Waals surface area contributed by atoms with Gasteiger partial charge in [-0.05, 0) is 28.3 Å². The molecule has 10 heteroatoms. The van der Waals surface area contributed by atoms with E-state index >= 15 is 8.78 Å². The van der Waals surface area contributed by atoms with Crippen molar-refractivity contribution in [1.29, 1.82) is 0 Å². The molecule has 1 N–H and O–H groups in total. The largest absolute Gasteiger partial charge is 0.478 e. The highest BCUT2D eigenvalue weighted by Gasteiger charge is 2.62. The molecular weight excluding hydrogens is 566 g/mol. The van der Waals surface area contributed by atoms with Gasteiger partial charge in [0.05, 0.1) is 30.4 Å². The highest BCUT2D eigenvalue weighted by atomic mass is 32.2. The Morgan fingerprint density at radius 1 is 0.833 bits per heavy atom. The zero-order valence-corrected chi connectivity index (χ0v) is 23.3. The minimum Gasteiger partial charge on any atom is -0.478 e. The second-order valence-electron chi connectivity index (χ2n) is 9.94. The van der Waals surface area contributed by atoms with Gasteiger partial charge in [0.25, 0.3) is 10.1 Å². The standard InChI is InChI=1S/C32H28F2O7S/c1-42(37,38)41-30-32(33,34)28(25-19-11-12-20-26(25)29(35)36)27(40-30)21-39-31(22-13-5-2-6-14-22,23-15-7-3-8-16-23)24-17-9-4-10-18-24/h2-20,27-28,30H,21H2,1H3,(H,35,36)/t27-,28+,30?/m0/s1. The first kappa shape index (κ1) is 29.5. The van der Waals surface area contributed by atoms with Crippen molar-refractivity contribution >= 4 is 16.1 Å². The fourth-order valence-electron chi connectivity index (χ4n) is 5.45. The van der Waals surface area contributed by atoms with Crippen molar-refractivity contribution in [3.05, 3.63) is 143 Å². The molecule has 0 saturated carbocycles. The molecule has 7 nitrogen and oxygen atoms in total. The quantitative estimate of drug-likeness (QED) is 0.183. The normalized spacial score (nSPS) is 20.3. The molecule has 5 rings (SSSR count). The minimum atomic E-state index is -4.37. The maximum Gasteiger partial charge on any atom is 0.335 e. The number of carboxylic acid groups (broad SMARTS) is 1. The second-order valence-corrected chi connectivity index (χ2v) is 11.5. The Bertz CT molecular complexity index is 1530. The van der Waals surface area contributed by atoms with E-state index in [-0.39, 0.29) is 11.1 Å². The summed E-state index contributed by atoms with van der Waals surface area (Å²) in [5.74, 6) is -7.25. The highest BCUT2D eigenvalue weighted by Crippen LogP contribution is 2.50. The molecule has 0 radical (unpaired) electrons. The van der Waals surface area contributed by atoms with E-state index in [0.717, 1.165) is 0 Å². The van der Waals surface area contributed by atoms with Crippen molar-refractivity contribution in [2.24, 2.45) is 0 Å². The summed E-state index contributed by atoms with van der Waals surface area (Å²) >= 11 is 0. The van der Waals surface area contributed by atoms with E-state index in [9.17, 15) is 18.3 Å². The lowest BCUT2D eigenvalue weighted by atomic mass is 9.80. The topological polar surface area (TPSA) is 99.1 Å². The van der Waals surface area contributed by atoms with Gasteiger partial charge in [-0.15, -0.1) is 0 Å². The molecule has 1 aliphatic rings. The maximum absolute atomic E-state index is 16.0. The average Bonchev–Trinajstić information content (AvgIpc) is 3.22. The molecule has 1 fully saturated rings. The lowest BCUT2D eigenvalue weighted by Gasteiger charge is -2.37. The van der Waals surface area contributed by atoms with E-state index in [2.05, 4.69) is 4.18 Å². The number of aromatic carboxylic acids is 1. The molecule has 0 amide bonds. The van der Waals surface area contributed by atoms with Crippen LogP contribution in [0, 0.1) is 0 Å². The number of hydrogen-bond acceptors (Lipinski definition) is 6. The van der Waals surface area contributed by atoms with E-state index in [1.165, 1.54) is 24.3 Å². The van der Waals surface area contributed by atoms with Gasteiger partial charge in [-0.3, -0.25) is 0 Å². The van der Waals surface area contributed by atoms with Crippen LogP contribution in [0.25, 0.3) is 0 Å². The van der Waals surface area contributed by atoms with Gasteiger partial charge in [-0.25, -0.2) is 17.8 Å². The molecule has 4 aromatic rings. The van der Waals surface area contributed by atoms with Crippen molar-refractivity contribution in [3.63, 3.8) is 0 Å². The average molecular weight is 595 g/mol. The molecule has 0 bridgehead atoms. The van der Waals surface area contributed by atoms with E-state index in [4.69, 9.17) is 9.47 Å². The number of carboxylic acids is 1. The Kier molecular flexibility index (Phi) is 8.25. The Balaban J connectivity index is 1.64. The van der Waals surface area contributed by atoms with Gasteiger partial charge in [0.2, 0.25) is 6.29 Å². The maximum atomic E-state index is 16.0. The number of rotatable bonds is 10. The van der Waals surface area contributed by atoms with E-state index in [1.807, 2.05) is 91.0 Å². The van der Waals surface area contributed by atoms with Crippen molar-refractivity contribution < 1.29 is 40.8 Å². The van der Waals surface area contributed by atoms with Gasteiger partial charge in [-0.1, -0.05) is 109 Å². The third kappa shape index (κ3) is 5.71. The van der Waals surface area contributed by atoms with Gasteiger partial charge in [0.15, 0.2) is 0 Å². The molecule has 4 aromatic carbocycles. The molecule has 0 aliphatic carbocycles. The van der Waals surface area contributed by atoms with Crippen molar-refractivity contribution in [3.8, 4) is 0 Å². The van der Waals surface area contributed by atoms with Crippen LogP contribution < -0.4 is 0 Å². The first-order valence-electron chi connectivity index (χ1n) is 13.1. The first-order valence-corrected chi connectivity index (χ1v) is 14.9. The number of ether oxygens (including phenoxy) is 2. The van der Waals surface area contributed by atoms with Crippen LogP contribution in [0.4, 0.5) is 8.78 Å². The van der Waals surface area contributed by atoms with Crippen LogP contribution in [-0.2, 0) is 29.4 Å². The number of hydrogen-bond donors (Lipinski definition) is 1. The van der Waals surface area contributed by atoms with E-state index in [1.54, 1.807) is 0 Å². The highest BCUT2D eigenvalue weighted by molar-refractivity contribution is 7.86. The van der Waals surface area contributed by atoms with E-state index in [0.29, 0.717) is 22.9 Å². The van der Waals surface area contributed by atoms with E-state index < -0.39 is 52.5 Å². The summed E-state index contributed by atoms with van der Waals surface area (Å²) in [6.45, 7) is -0.476. The molecular formula is C32H28F2O7S. The number of halogens is 2. The minimum absolute atomic E-state index is 0.229. The van der Waals surface area contributed by atoms with Crippen LogP contribution >= 0.6 is 0 Å². The second kappa shape index (κ2) is 11.7. The van der Waals surface area contributed by atoms with Crippen LogP contribution in [0.3, 0.4) is 0 Å². The molecule has 1 aliphatic heterocycles. The van der Waals surface area contributed by atoms with Crippen LogP contribution in [0.5, 0.6) is 0 Å². The smallest absolute Gasteiger partial charge is 0.335 e. The summed E-state index contributed by atoms with van der Waals surface area (Å²) in [6.07, 6.45) is -3.35. The zero-order chi connectivity index (χ0) is 30.0. The lowest BCUT2D eigenvalue weighted by molar-refractivity contribution is -0.176. The Morgan fingerprint density at radius 3 is 1.74 bits per heavy atom. The molecule has 1 unspecified atom stereocenters. The molecule has 1 heterocycles. The Morgan fingerprint density at radius 2 is 1.29 bits per heavy atom. The number of benzene rings is 4. The third-order valence-electron chi connectivity index (χ3n) is 7.19. The summed E-state index contributed by atoms with van der Waals surface area (Å²) in [5.41, 5.74) is 0.231. The van der Waals surface area contributed by atoms with Gasteiger partial charge < -0.3 is 14.6 Å². The van der Waals surface area contributed by atoms with Crippen LogP contribution in [0.1, 0.15) is 38.5 Å². The van der Waals surface area contributed by atoms with Crippen LogP contribution in [0.15, 0.2) is 115 Å². The Labute approximate surface area is 242 Å². The fourth-order valence-corrected chi connectivity index (χ4v) is 5.94. The van der Waals surface area contributed by atoms with Crippen molar-refractivity contribution in [2.45, 2.75) is 29.8 Å². The summed E-state index contributed by atoms with van der Waals surface area (Å²) in [4.78, 5) is 12.0. The predicted molar refractivity (Wildman–Crippen MR) is 151 cm³/mol. The SMILES string of the molecule is CS(=O)(=O)OC1O[C@@H](COC(c2ccccc2)(c2ccccc2)c2ccccc2)[C@@H](c2ccccc2C(=O)O)C1(F)F. The van der Waals surface area contributed by atoms with Gasteiger partial charge >= 0.3 is 11.9 Å². The predicted octanol–water partition coefficient (Wildman–Crippen LogP) is 5.81. The first-order chi connectivity index (χ1) is 20.0. The molecule has 0 aromatic heterocycles. The monoisotopic (exact) mass is 594 g/mol. The van der Waals surface area contributed by atoms with Gasteiger partial charge in [0, 0.05) is 0 Å². The molecule has 42 heavy (non-hydrogen) atoms. The van der Waals surface area contributed by atoms with Crippen LogP contribution in [0.2, 0.25) is 0 Å². The fraction of sp³-hybridized carbons (Fsp3) is 0.219. The molecule has 218 valence electrons. The van der Waals surface area contributed by atoms with Crippen molar-refractivity contribution in [1.82, 2.24) is 0 Å². The van der Waals surface area contributed by atoms with Gasteiger partial charge in [-0.2, -0.15) is 8.42 Å². The molecule has 0 spiro atoms. The Hall–Kier alpha value is -3.96. The summed E-state index contributed by atoms with van der Waals surface area (Å²) in [5, 5.41) is 9.80.